The van der Waals surface area contributed by atoms with Crippen molar-refractivity contribution in [1.29, 1.82) is 0 Å². The van der Waals surface area contributed by atoms with E-state index in [0.29, 0.717) is 18.1 Å². The van der Waals surface area contributed by atoms with Crippen molar-refractivity contribution in [3.63, 3.8) is 0 Å². The minimum Gasteiger partial charge on any atom is -0.355 e. The molecule has 0 heterocycles. The Balaban J connectivity index is 3.62. The fraction of sp³-hybridized carbons (Fsp3) is 0.667. The molecule has 1 unspecified atom stereocenters. The third-order valence-electron chi connectivity index (χ3n) is 1.54. The van der Waals surface area contributed by atoms with Crippen LogP contribution in [0.25, 0.3) is 0 Å². The van der Waals surface area contributed by atoms with Gasteiger partial charge in [-0.25, -0.2) is 0 Å². The minimum atomic E-state index is -0.220. The van der Waals surface area contributed by atoms with Crippen LogP contribution in [0.4, 0.5) is 0 Å². The monoisotopic (exact) mass is 204 g/mol. The smallest absolute Gasteiger partial charge is 0.236 e. The van der Waals surface area contributed by atoms with Crippen LogP contribution in [0.15, 0.2) is 11.6 Å². The molecule has 0 aromatic carbocycles. The maximum Gasteiger partial charge on any atom is 0.236 e. The highest BCUT2D eigenvalue weighted by atomic mass is 35.5. The lowest BCUT2D eigenvalue weighted by Gasteiger charge is -2.12. The quantitative estimate of drug-likeness (QED) is 0.684. The number of nitrogens with one attached hydrogen (secondary N) is 2. The van der Waals surface area contributed by atoms with E-state index >= 15 is 0 Å². The minimum absolute atomic E-state index is 0.000216. The van der Waals surface area contributed by atoms with Crippen LogP contribution >= 0.6 is 11.6 Å². The zero-order valence-corrected chi connectivity index (χ0v) is 8.95. The van der Waals surface area contributed by atoms with Crippen LogP contribution < -0.4 is 10.6 Å². The lowest BCUT2D eigenvalue weighted by atomic mass is 10.3. The molecule has 0 saturated carbocycles. The molecule has 0 aliphatic carbocycles. The van der Waals surface area contributed by atoms with Crippen LogP contribution in [-0.2, 0) is 4.79 Å². The maximum atomic E-state index is 11.3. The van der Waals surface area contributed by atoms with Crippen molar-refractivity contribution >= 4 is 17.5 Å². The number of amides is 1. The van der Waals surface area contributed by atoms with E-state index in [4.69, 9.17) is 11.6 Å². The molecule has 0 saturated heterocycles. The standard InChI is InChI=1S/C9H17ClN2O/c1-4-5-11-9(13)8(3)12-6-7(2)10/h8,12H,2,4-6H2,1,3H3,(H,11,13). The van der Waals surface area contributed by atoms with Gasteiger partial charge in [0.15, 0.2) is 0 Å². The fourth-order valence-electron chi connectivity index (χ4n) is 0.758. The molecule has 0 aliphatic rings. The van der Waals surface area contributed by atoms with E-state index in [1.54, 1.807) is 6.92 Å². The van der Waals surface area contributed by atoms with Crippen LogP contribution in [0.5, 0.6) is 0 Å². The van der Waals surface area contributed by atoms with Crippen molar-refractivity contribution in [2.75, 3.05) is 13.1 Å². The van der Waals surface area contributed by atoms with Crippen molar-refractivity contribution in [3.8, 4) is 0 Å². The number of carbonyl (C=O) groups excluding carboxylic acids is 1. The van der Waals surface area contributed by atoms with Crippen LogP contribution in [0, 0.1) is 0 Å². The summed E-state index contributed by atoms with van der Waals surface area (Å²) in [6.07, 6.45) is 0.945. The zero-order valence-electron chi connectivity index (χ0n) is 8.19. The zero-order chi connectivity index (χ0) is 10.3. The van der Waals surface area contributed by atoms with Crippen molar-refractivity contribution < 1.29 is 4.79 Å². The summed E-state index contributed by atoms with van der Waals surface area (Å²) in [4.78, 5) is 11.3. The number of hydrogen-bond donors (Lipinski definition) is 2. The second-order valence-corrected chi connectivity index (χ2v) is 3.45. The average Bonchev–Trinajstić information content (AvgIpc) is 2.10. The molecule has 0 aliphatic heterocycles. The summed E-state index contributed by atoms with van der Waals surface area (Å²) < 4.78 is 0. The predicted octanol–water partition coefficient (Wildman–Crippen LogP) is 1.24. The first kappa shape index (κ1) is 12.5. The molecule has 13 heavy (non-hydrogen) atoms. The predicted molar refractivity (Wildman–Crippen MR) is 55.8 cm³/mol. The van der Waals surface area contributed by atoms with E-state index in [9.17, 15) is 4.79 Å². The van der Waals surface area contributed by atoms with E-state index in [1.807, 2.05) is 6.92 Å². The Bertz CT molecular complexity index is 182. The summed E-state index contributed by atoms with van der Waals surface area (Å²) in [6.45, 7) is 8.50. The number of carbonyl (C=O) groups is 1. The topological polar surface area (TPSA) is 41.1 Å². The van der Waals surface area contributed by atoms with Crippen LogP contribution in [0.2, 0.25) is 0 Å². The summed E-state index contributed by atoms with van der Waals surface area (Å²) in [5.41, 5.74) is 0. The van der Waals surface area contributed by atoms with Gasteiger partial charge in [0.25, 0.3) is 0 Å². The molecule has 0 aromatic rings. The Hall–Kier alpha value is -0.540. The molecule has 0 rings (SSSR count). The SMILES string of the molecule is C=C(Cl)CNC(C)C(=O)NCCC. The van der Waals surface area contributed by atoms with E-state index in [2.05, 4.69) is 17.2 Å². The first-order chi connectivity index (χ1) is 6.07. The summed E-state index contributed by atoms with van der Waals surface area (Å²) >= 11 is 5.54. The molecule has 1 amide bonds. The molecule has 1 atom stereocenters. The van der Waals surface area contributed by atoms with E-state index < -0.39 is 0 Å². The van der Waals surface area contributed by atoms with Gasteiger partial charge in [-0.15, -0.1) is 0 Å². The van der Waals surface area contributed by atoms with Gasteiger partial charge in [0.2, 0.25) is 5.91 Å². The highest BCUT2D eigenvalue weighted by Gasteiger charge is 2.10. The largest absolute Gasteiger partial charge is 0.355 e. The second-order valence-electron chi connectivity index (χ2n) is 2.91. The summed E-state index contributed by atoms with van der Waals surface area (Å²) in [6, 6.07) is -0.220. The molecule has 0 fully saturated rings. The molecular formula is C9H17ClN2O. The van der Waals surface area contributed by atoms with Gasteiger partial charge >= 0.3 is 0 Å². The molecular weight excluding hydrogens is 188 g/mol. The number of hydrogen-bond acceptors (Lipinski definition) is 2. The summed E-state index contributed by atoms with van der Waals surface area (Å²) in [5, 5.41) is 6.24. The van der Waals surface area contributed by atoms with E-state index in [0.717, 1.165) is 6.42 Å². The first-order valence-electron chi connectivity index (χ1n) is 4.42. The summed E-state index contributed by atoms with van der Waals surface area (Å²) in [5.74, 6) is -0.000216. The first-order valence-corrected chi connectivity index (χ1v) is 4.80. The third kappa shape index (κ3) is 6.61. The van der Waals surface area contributed by atoms with Gasteiger partial charge in [-0.2, -0.15) is 0 Å². The van der Waals surface area contributed by atoms with Crippen molar-refractivity contribution in [2.24, 2.45) is 0 Å². The Morgan fingerprint density at radius 3 is 2.69 bits per heavy atom. The Labute approximate surface area is 84.5 Å². The number of halogens is 1. The molecule has 0 spiro atoms. The van der Waals surface area contributed by atoms with Gasteiger partial charge in [0.1, 0.15) is 0 Å². The lowest BCUT2D eigenvalue weighted by molar-refractivity contribution is -0.122. The molecule has 0 aromatic heterocycles. The van der Waals surface area contributed by atoms with Gasteiger partial charge in [-0.05, 0) is 13.3 Å². The average molecular weight is 205 g/mol. The van der Waals surface area contributed by atoms with Crippen LogP contribution in [0.3, 0.4) is 0 Å². The van der Waals surface area contributed by atoms with Crippen molar-refractivity contribution in [1.82, 2.24) is 10.6 Å². The van der Waals surface area contributed by atoms with Gasteiger partial charge in [-0.1, -0.05) is 25.1 Å². The maximum absolute atomic E-state index is 11.3. The molecule has 4 heteroatoms. The summed E-state index contributed by atoms with van der Waals surface area (Å²) in [7, 11) is 0. The van der Waals surface area contributed by atoms with Crippen molar-refractivity contribution in [2.45, 2.75) is 26.3 Å². The van der Waals surface area contributed by atoms with Crippen molar-refractivity contribution in [3.05, 3.63) is 11.6 Å². The Morgan fingerprint density at radius 1 is 1.62 bits per heavy atom. The van der Waals surface area contributed by atoms with E-state index in [1.165, 1.54) is 0 Å². The van der Waals surface area contributed by atoms with Gasteiger partial charge < -0.3 is 10.6 Å². The van der Waals surface area contributed by atoms with Gasteiger partial charge in [0.05, 0.1) is 6.04 Å². The molecule has 76 valence electrons. The third-order valence-corrected chi connectivity index (χ3v) is 1.68. The van der Waals surface area contributed by atoms with Crippen LogP contribution in [0.1, 0.15) is 20.3 Å². The Kier molecular flexibility index (Phi) is 6.63. The molecule has 0 radical (unpaired) electrons. The second kappa shape index (κ2) is 6.92. The lowest BCUT2D eigenvalue weighted by Crippen LogP contribution is -2.42. The normalized spacial score (nSPS) is 12.2. The van der Waals surface area contributed by atoms with Gasteiger partial charge in [-0.3, -0.25) is 4.79 Å². The molecule has 0 bridgehead atoms. The molecule has 3 nitrogen and oxygen atoms in total. The fourth-order valence-corrected chi connectivity index (χ4v) is 0.835. The number of rotatable bonds is 6. The van der Waals surface area contributed by atoms with Gasteiger partial charge in [0, 0.05) is 18.1 Å². The molecule has 2 N–H and O–H groups in total. The van der Waals surface area contributed by atoms with E-state index in [-0.39, 0.29) is 11.9 Å². The highest BCUT2D eigenvalue weighted by Crippen LogP contribution is 1.93. The Morgan fingerprint density at radius 2 is 2.23 bits per heavy atom. The van der Waals surface area contributed by atoms with Crippen LogP contribution in [-0.4, -0.2) is 25.0 Å². The highest BCUT2D eigenvalue weighted by molar-refractivity contribution is 6.29.